The summed E-state index contributed by atoms with van der Waals surface area (Å²) in [6.07, 6.45) is -3.13. The Labute approximate surface area is 173 Å². The van der Waals surface area contributed by atoms with Crippen molar-refractivity contribution in [3.05, 3.63) is 47.3 Å². The number of alkyl halides is 3. The summed E-state index contributed by atoms with van der Waals surface area (Å²) in [6.45, 7) is 3.61. The summed E-state index contributed by atoms with van der Waals surface area (Å²) in [4.78, 5) is 12.8. The third kappa shape index (κ3) is 4.53. The van der Waals surface area contributed by atoms with Crippen molar-refractivity contribution < 1.29 is 26.4 Å². The van der Waals surface area contributed by atoms with E-state index in [1.54, 1.807) is 25.1 Å². The minimum absolute atomic E-state index is 0.196. The van der Waals surface area contributed by atoms with Crippen LogP contribution in [0.2, 0.25) is 0 Å². The highest BCUT2D eigenvalue weighted by atomic mass is 32.2. The predicted octanol–water partition coefficient (Wildman–Crippen LogP) is 3.65. The Kier molecular flexibility index (Phi) is 5.74. The number of sulfone groups is 1. The van der Waals surface area contributed by atoms with Gasteiger partial charge in [-0.05, 0) is 57.2 Å². The minimum atomic E-state index is -4.64. The van der Waals surface area contributed by atoms with Crippen LogP contribution in [0.25, 0.3) is 0 Å². The Hall–Kier alpha value is -2.36. The second-order valence-corrected chi connectivity index (χ2v) is 10.3. The minimum Gasteiger partial charge on any atom is -0.346 e. The summed E-state index contributed by atoms with van der Waals surface area (Å²) in [5, 5.41) is 5.57. The molecule has 1 N–H and O–H groups in total. The Morgan fingerprint density at radius 3 is 2.40 bits per heavy atom. The normalized spacial score (nSPS) is 22.7. The number of nitrogens with zero attached hydrogens (tertiary/aromatic N) is 2. The van der Waals surface area contributed by atoms with Gasteiger partial charge < -0.3 is 5.32 Å². The van der Waals surface area contributed by atoms with E-state index in [0.717, 1.165) is 10.2 Å². The van der Waals surface area contributed by atoms with Crippen molar-refractivity contribution in [3.63, 3.8) is 0 Å². The topological polar surface area (TPSA) is 81.1 Å². The smallest absolute Gasteiger partial charge is 0.346 e. The van der Waals surface area contributed by atoms with Crippen molar-refractivity contribution in [3.8, 4) is 0 Å². The first kappa shape index (κ1) is 22.3. The molecule has 1 aliphatic carbocycles. The van der Waals surface area contributed by atoms with Crippen LogP contribution in [0.3, 0.4) is 0 Å². The fraction of sp³-hybridized carbons (Fsp3) is 0.500. The number of carbonyl (C=O) groups excluding carboxylic acids is 1. The van der Waals surface area contributed by atoms with Gasteiger partial charge in [0.25, 0.3) is 5.91 Å². The Morgan fingerprint density at radius 1 is 1.23 bits per heavy atom. The molecule has 3 rings (SSSR count). The number of aryl methyl sites for hydroxylation is 2. The molecule has 0 radical (unpaired) electrons. The molecule has 1 aliphatic rings. The lowest BCUT2D eigenvalue weighted by molar-refractivity contribution is -0.141. The second kappa shape index (κ2) is 7.72. The molecule has 1 saturated carbocycles. The molecule has 164 valence electrons. The third-order valence-electron chi connectivity index (χ3n) is 5.61. The van der Waals surface area contributed by atoms with Crippen molar-refractivity contribution >= 4 is 15.7 Å². The molecular formula is C20H24F3N3O3S. The number of carbonyl (C=O) groups is 1. The van der Waals surface area contributed by atoms with Crippen LogP contribution in [0.4, 0.5) is 13.2 Å². The van der Waals surface area contributed by atoms with Gasteiger partial charge in [-0.1, -0.05) is 12.1 Å². The monoisotopic (exact) mass is 443 g/mol. The van der Waals surface area contributed by atoms with Gasteiger partial charge in [-0.25, -0.2) is 8.42 Å². The van der Waals surface area contributed by atoms with Gasteiger partial charge in [-0.2, -0.15) is 18.3 Å². The Bertz CT molecular complexity index is 1050. The fourth-order valence-electron chi connectivity index (χ4n) is 3.80. The average Bonchev–Trinajstić information content (AvgIpc) is 3.04. The lowest BCUT2D eigenvalue weighted by Crippen LogP contribution is -2.50. The van der Waals surface area contributed by atoms with E-state index in [1.807, 2.05) is 13.0 Å². The summed E-state index contributed by atoms with van der Waals surface area (Å²) in [7, 11) is -2.21. The van der Waals surface area contributed by atoms with Crippen LogP contribution in [-0.4, -0.2) is 34.9 Å². The predicted molar refractivity (Wildman–Crippen MR) is 105 cm³/mol. The average molecular weight is 443 g/mol. The molecule has 1 fully saturated rings. The number of hydrogen-bond donors (Lipinski definition) is 1. The first-order valence-electron chi connectivity index (χ1n) is 9.56. The van der Waals surface area contributed by atoms with Crippen LogP contribution >= 0.6 is 0 Å². The number of halogens is 3. The quantitative estimate of drug-likeness (QED) is 0.782. The first-order chi connectivity index (χ1) is 13.8. The summed E-state index contributed by atoms with van der Waals surface area (Å²) < 4.78 is 65.3. The second-order valence-electron chi connectivity index (χ2n) is 8.11. The molecule has 10 heteroatoms. The van der Waals surface area contributed by atoms with Gasteiger partial charge in [-0.3, -0.25) is 9.48 Å². The molecule has 0 saturated heterocycles. The van der Waals surface area contributed by atoms with Crippen LogP contribution in [0.15, 0.2) is 35.2 Å². The highest BCUT2D eigenvalue weighted by molar-refractivity contribution is 7.92. The lowest BCUT2D eigenvalue weighted by Gasteiger charge is -2.37. The van der Waals surface area contributed by atoms with Gasteiger partial charge in [0, 0.05) is 18.7 Å². The molecule has 0 bridgehead atoms. The molecular weight excluding hydrogens is 419 g/mol. The largest absolute Gasteiger partial charge is 0.435 e. The maximum Gasteiger partial charge on any atom is 0.435 e. The van der Waals surface area contributed by atoms with Crippen LogP contribution < -0.4 is 5.32 Å². The van der Waals surface area contributed by atoms with Crippen molar-refractivity contribution in [1.29, 1.82) is 0 Å². The fourth-order valence-corrected chi connectivity index (χ4v) is 5.66. The van der Waals surface area contributed by atoms with Crippen LogP contribution in [0, 0.1) is 6.92 Å². The molecule has 1 amide bonds. The summed E-state index contributed by atoms with van der Waals surface area (Å²) in [5.41, 5.74) is -1.18. The van der Waals surface area contributed by atoms with Crippen LogP contribution in [0.5, 0.6) is 0 Å². The van der Waals surface area contributed by atoms with Gasteiger partial charge in [0.1, 0.15) is 5.69 Å². The van der Waals surface area contributed by atoms with Gasteiger partial charge in [0.2, 0.25) is 0 Å². The van der Waals surface area contributed by atoms with Crippen LogP contribution in [-0.2, 0) is 23.1 Å². The van der Waals surface area contributed by atoms with Crippen molar-refractivity contribution in [2.24, 2.45) is 7.05 Å². The van der Waals surface area contributed by atoms with E-state index >= 15 is 0 Å². The van der Waals surface area contributed by atoms with Gasteiger partial charge in [0.05, 0.1) is 10.1 Å². The van der Waals surface area contributed by atoms with Crippen molar-refractivity contribution in [2.75, 3.05) is 0 Å². The van der Waals surface area contributed by atoms with E-state index < -0.39 is 38.4 Å². The van der Waals surface area contributed by atoms with Crippen molar-refractivity contribution in [2.45, 2.75) is 61.4 Å². The zero-order valence-electron chi connectivity index (χ0n) is 17.0. The van der Waals surface area contributed by atoms with E-state index in [9.17, 15) is 26.4 Å². The highest BCUT2D eigenvalue weighted by Gasteiger charge is 2.40. The molecule has 0 unspecified atom stereocenters. The molecule has 1 aromatic heterocycles. The number of benzene rings is 1. The van der Waals surface area contributed by atoms with E-state index in [2.05, 4.69) is 10.4 Å². The standard InChI is InChI=1S/C20H24F3N3O3S/c1-13-5-4-6-15(11-13)30(28,29)14-7-9-19(2,10-8-14)24-18(27)16-12-17(20(21,22)23)25-26(16)3/h4-6,11-12,14H,7-10H2,1-3H3,(H,24,27). The van der Waals surface area contributed by atoms with E-state index in [1.165, 1.54) is 7.05 Å². The first-order valence-corrected chi connectivity index (χ1v) is 11.1. The molecule has 0 aliphatic heterocycles. The number of rotatable bonds is 4. The molecule has 30 heavy (non-hydrogen) atoms. The molecule has 6 nitrogen and oxygen atoms in total. The maximum absolute atomic E-state index is 12.9. The molecule has 1 heterocycles. The van der Waals surface area contributed by atoms with Gasteiger partial charge in [-0.15, -0.1) is 0 Å². The lowest BCUT2D eigenvalue weighted by atomic mass is 9.83. The molecule has 0 atom stereocenters. The highest BCUT2D eigenvalue weighted by Crippen LogP contribution is 2.35. The number of nitrogens with one attached hydrogen (secondary N) is 1. The van der Waals surface area contributed by atoms with E-state index in [0.29, 0.717) is 31.7 Å². The number of aromatic nitrogens is 2. The summed E-state index contributed by atoms with van der Waals surface area (Å²) in [6, 6.07) is 7.48. The SMILES string of the molecule is Cc1cccc(S(=O)(=O)C2CCC(C)(NC(=O)c3cc(C(F)(F)F)nn3C)CC2)c1. The third-order valence-corrected chi connectivity index (χ3v) is 7.87. The summed E-state index contributed by atoms with van der Waals surface area (Å²) >= 11 is 0. The Balaban J connectivity index is 1.69. The maximum atomic E-state index is 12.9. The van der Waals surface area contributed by atoms with Crippen LogP contribution in [0.1, 0.15) is 54.4 Å². The molecule has 1 aromatic carbocycles. The Morgan fingerprint density at radius 2 is 1.87 bits per heavy atom. The number of amides is 1. The zero-order chi connectivity index (χ0) is 22.3. The number of hydrogen-bond acceptors (Lipinski definition) is 4. The molecule has 2 aromatic rings. The summed E-state index contributed by atoms with van der Waals surface area (Å²) in [5.74, 6) is -0.664. The zero-order valence-corrected chi connectivity index (χ0v) is 17.8. The van der Waals surface area contributed by atoms with Gasteiger partial charge in [0.15, 0.2) is 15.5 Å². The van der Waals surface area contributed by atoms with Crippen molar-refractivity contribution in [1.82, 2.24) is 15.1 Å². The van der Waals surface area contributed by atoms with Gasteiger partial charge >= 0.3 is 6.18 Å². The van der Waals surface area contributed by atoms with E-state index in [-0.39, 0.29) is 10.6 Å². The molecule has 0 spiro atoms. The van der Waals surface area contributed by atoms with E-state index in [4.69, 9.17) is 0 Å².